The maximum atomic E-state index is 13.7. The molecule has 0 radical (unpaired) electrons. The minimum atomic E-state index is -2.82. The van der Waals surface area contributed by atoms with Crippen molar-refractivity contribution in [2.24, 2.45) is 0 Å². The molecule has 0 spiro atoms. The lowest BCUT2D eigenvalue weighted by Crippen LogP contribution is -2.34. The van der Waals surface area contributed by atoms with Gasteiger partial charge in [-0.05, 0) is 33.1 Å². The number of hydrogen-bond acceptors (Lipinski definition) is 2. The average Bonchev–Trinajstić information content (AvgIpc) is 2.58. The van der Waals surface area contributed by atoms with Crippen molar-refractivity contribution in [3.05, 3.63) is 21.6 Å². The van der Waals surface area contributed by atoms with Gasteiger partial charge in [-0.25, -0.2) is 22.1 Å². The highest BCUT2D eigenvalue weighted by Crippen LogP contribution is 2.33. The summed E-state index contributed by atoms with van der Waals surface area (Å²) in [6.45, 7) is 6.93. The molecular weight excluding hydrogens is 283 g/mol. The van der Waals surface area contributed by atoms with Crippen molar-refractivity contribution in [2.75, 3.05) is 0 Å². The summed E-state index contributed by atoms with van der Waals surface area (Å²) in [5, 5.41) is 1.34. The molecule has 0 fully saturated rings. The fourth-order valence-corrected chi connectivity index (χ4v) is 2.90. The zero-order chi connectivity index (χ0) is 14.1. The van der Waals surface area contributed by atoms with Gasteiger partial charge in [-0.1, -0.05) is 0 Å². The van der Waals surface area contributed by atoms with Gasteiger partial charge >= 0.3 is 0 Å². The quantitative estimate of drug-likeness (QED) is 0.896. The van der Waals surface area contributed by atoms with Gasteiger partial charge in [0.05, 0.1) is 15.7 Å². The summed E-state index contributed by atoms with van der Waals surface area (Å²) in [6, 6.07) is -0.575. The van der Waals surface area contributed by atoms with Gasteiger partial charge in [-0.3, -0.25) is 0 Å². The van der Waals surface area contributed by atoms with E-state index >= 15 is 0 Å². The highest BCUT2D eigenvalue weighted by Gasteiger charge is 2.26. The van der Waals surface area contributed by atoms with Crippen LogP contribution in [0.2, 0.25) is 0 Å². The van der Waals surface area contributed by atoms with E-state index in [4.69, 9.17) is 0 Å². The lowest BCUT2D eigenvalue weighted by atomic mass is 10.2. The maximum absolute atomic E-state index is 13.7. The first-order valence-electron chi connectivity index (χ1n) is 5.37. The fraction of sp³-hybridized carbons (Fsp3) is 0.636. The van der Waals surface area contributed by atoms with E-state index in [-0.39, 0.29) is 5.56 Å². The number of thiophene rings is 1. The largest absolute Gasteiger partial charge is 0.275 e. The first-order valence-corrected chi connectivity index (χ1v) is 7.40. The molecule has 104 valence electrons. The molecule has 1 heterocycles. The highest BCUT2D eigenvalue weighted by atomic mass is 32.2. The predicted octanol–water partition coefficient (Wildman–Crippen LogP) is 3.94. The molecule has 0 saturated carbocycles. The molecule has 0 aliphatic carbocycles. The Labute approximate surface area is 111 Å². The third kappa shape index (κ3) is 3.55. The summed E-state index contributed by atoms with van der Waals surface area (Å²) in [5.74, 6) is -0.902. The maximum Gasteiger partial charge on any atom is 0.275 e. The smallest absolute Gasteiger partial charge is 0.242 e. The molecule has 1 N–H and O–H groups in total. The van der Waals surface area contributed by atoms with Crippen LogP contribution in [0, 0.1) is 5.82 Å². The molecule has 2 atom stereocenters. The van der Waals surface area contributed by atoms with E-state index in [1.165, 1.54) is 5.38 Å². The van der Waals surface area contributed by atoms with Crippen molar-refractivity contribution in [3.8, 4) is 0 Å². The topological polar surface area (TPSA) is 29.1 Å². The SMILES string of the molecule is C[C@@H](N[S@](=O)C(C)(C)C)c1csc(C(F)F)c1F. The van der Waals surface area contributed by atoms with Crippen molar-refractivity contribution in [3.63, 3.8) is 0 Å². The molecule has 1 aromatic heterocycles. The van der Waals surface area contributed by atoms with E-state index in [0.29, 0.717) is 11.3 Å². The van der Waals surface area contributed by atoms with E-state index in [1.807, 2.05) is 0 Å². The van der Waals surface area contributed by atoms with Crippen molar-refractivity contribution in [1.82, 2.24) is 4.72 Å². The summed E-state index contributed by atoms with van der Waals surface area (Å²) in [7, 11) is -1.38. The minimum absolute atomic E-state index is 0.132. The third-order valence-electron chi connectivity index (χ3n) is 2.29. The van der Waals surface area contributed by atoms with Gasteiger partial charge in [-0.2, -0.15) is 0 Å². The Hall–Kier alpha value is -0.400. The van der Waals surface area contributed by atoms with E-state index in [0.717, 1.165) is 0 Å². The van der Waals surface area contributed by atoms with Gasteiger partial charge in [0.25, 0.3) is 6.43 Å². The molecule has 1 rings (SSSR count). The predicted molar refractivity (Wildman–Crippen MR) is 68.7 cm³/mol. The van der Waals surface area contributed by atoms with E-state index < -0.39 is 38.9 Å². The van der Waals surface area contributed by atoms with Crippen LogP contribution in [-0.4, -0.2) is 8.96 Å². The monoisotopic (exact) mass is 299 g/mol. The fourth-order valence-electron chi connectivity index (χ4n) is 1.21. The van der Waals surface area contributed by atoms with Crippen molar-refractivity contribution in [1.29, 1.82) is 0 Å². The van der Waals surface area contributed by atoms with Crippen LogP contribution < -0.4 is 4.72 Å². The molecule has 0 aromatic carbocycles. The number of hydrogen-bond donors (Lipinski definition) is 1. The first-order chi connectivity index (χ1) is 8.14. The Morgan fingerprint density at radius 1 is 1.39 bits per heavy atom. The second-order valence-corrected chi connectivity index (χ2v) is 7.80. The van der Waals surface area contributed by atoms with Gasteiger partial charge in [0.1, 0.15) is 10.7 Å². The molecule has 2 nitrogen and oxygen atoms in total. The molecular formula is C11H16F3NOS2. The average molecular weight is 299 g/mol. The van der Waals surface area contributed by atoms with Crippen molar-refractivity contribution < 1.29 is 17.4 Å². The van der Waals surface area contributed by atoms with Gasteiger partial charge in [0.15, 0.2) is 0 Å². The molecule has 0 saturated heterocycles. The van der Waals surface area contributed by atoms with Crippen molar-refractivity contribution in [2.45, 2.75) is 44.9 Å². The number of alkyl halides is 2. The number of nitrogens with one attached hydrogen (secondary N) is 1. The van der Waals surface area contributed by atoms with Crippen LogP contribution in [0.4, 0.5) is 13.2 Å². The molecule has 0 bridgehead atoms. The molecule has 18 heavy (non-hydrogen) atoms. The molecule has 7 heteroatoms. The van der Waals surface area contributed by atoms with Crippen LogP contribution in [0.15, 0.2) is 5.38 Å². The van der Waals surface area contributed by atoms with E-state index in [1.54, 1.807) is 27.7 Å². The summed E-state index contributed by atoms with van der Waals surface area (Å²) >= 11 is 0.683. The normalized spacial score (nSPS) is 16.0. The van der Waals surface area contributed by atoms with Gasteiger partial charge in [-0.15, -0.1) is 11.3 Å². The Morgan fingerprint density at radius 2 is 1.94 bits per heavy atom. The first kappa shape index (κ1) is 15.7. The third-order valence-corrected chi connectivity index (χ3v) is 4.95. The van der Waals surface area contributed by atoms with Crippen LogP contribution in [0.1, 0.15) is 50.6 Å². The zero-order valence-electron chi connectivity index (χ0n) is 10.6. The van der Waals surface area contributed by atoms with Gasteiger partial charge in [0.2, 0.25) is 0 Å². The minimum Gasteiger partial charge on any atom is -0.242 e. The van der Waals surface area contributed by atoms with Crippen LogP contribution in [0.25, 0.3) is 0 Å². The number of halogens is 3. The van der Waals surface area contributed by atoms with E-state index in [9.17, 15) is 17.4 Å². The number of rotatable bonds is 4. The lowest BCUT2D eigenvalue weighted by Gasteiger charge is -2.21. The second-order valence-electron chi connectivity index (χ2n) is 4.89. The zero-order valence-corrected chi connectivity index (χ0v) is 12.2. The Kier molecular flexibility index (Phi) is 4.97. The Bertz CT molecular complexity index is 440. The molecule has 1 aromatic rings. The summed E-state index contributed by atoms with van der Waals surface area (Å²) < 4.78 is 52.6. The molecule has 0 unspecified atom stereocenters. The standard InChI is InChI=1S/C11H16F3NOS2/c1-6(15-18(16)11(2,3)4)7-5-17-9(8(7)12)10(13)14/h5-6,10,15H,1-4H3/t6-,18-/m1/s1. The summed E-state index contributed by atoms with van der Waals surface area (Å²) in [5.41, 5.74) is 0.132. The van der Waals surface area contributed by atoms with Crippen LogP contribution in [-0.2, 0) is 11.0 Å². The van der Waals surface area contributed by atoms with Crippen molar-refractivity contribution >= 4 is 22.3 Å². The highest BCUT2D eigenvalue weighted by molar-refractivity contribution is 7.84. The molecule has 0 aliphatic rings. The van der Waals surface area contributed by atoms with Crippen LogP contribution in [0.3, 0.4) is 0 Å². The Balaban J connectivity index is 2.86. The Morgan fingerprint density at radius 3 is 2.33 bits per heavy atom. The van der Waals surface area contributed by atoms with E-state index in [2.05, 4.69) is 4.72 Å². The lowest BCUT2D eigenvalue weighted by molar-refractivity contribution is 0.151. The van der Waals surface area contributed by atoms with Crippen LogP contribution >= 0.6 is 11.3 Å². The molecule has 0 aliphatic heterocycles. The van der Waals surface area contributed by atoms with Gasteiger partial charge < -0.3 is 0 Å². The summed E-state index contributed by atoms with van der Waals surface area (Å²) in [6.07, 6.45) is -2.82. The second kappa shape index (κ2) is 5.71. The summed E-state index contributed by atoms with van der Waals surface area (Å²) in [4.78, 5) is -0.569. The molecule has 0 amide bonds. The van der Waals surface area contributed by atoms with Crippen LogP contribution in [0.5, 0.6) is 0 Å². The van der Waals surface area contributed by atoms with Gasteiger partial charge in [0, 0.05) is 11.6 Å².